The number of benzene rings is 1. The Morgan fingerprint density at radius 1 is 1.09 bits per heavy atom. The number of nitrogens with one attached hydrogen (secondary N) is 1. The van der Waals surface area contributed by atoms with Crippen molar-refractivity contribution in [2.75, 3.05) is 13.1 Å². The summed E-state index contributed by atoms with van der Waals surface area (Å²) < 4.78 is 23.3. The molecule has 0 bridgehead atoms. The number of hydrogen-bond donors (Lipinski definition) is 1. The third-order valence-electron chi connectivity index (χ3n) is 6.32. The molecule has 4 rings (SSSR count). The third kappa shape index (κ3) is 4.38. The summed E-state index contributed by atoms with van der Waals surface area (Å²) in [6.07, 6.45) is 1.08. The number of halogens is 1. The summed E-state index contributed by atoms with van der Waals surface area (Å²) in [4.78, 5) is 50.7. The molecule has 0 aliphatic carbocycles. The average Bonchev–Trinajstić information content (AvgIpc) is 2.96. The van der Waals surface area contributed by atoms with Crippen LogP contribution in [0.3, 0.4) is 0 Å². The highest BCUT2D eigenvalue weighted by atomic mass is 19.1. The van der Waals surface area contributed by atoms with Gasteiger partial charge in [-0.1, -0.05) is 0 Å². The maximum atomic E-state index is 15.2. The van der Waals surface area contributed by atoms with Gasteiger partial charge < -0.3 is 9.64 Å². The van der Waals surface area contributed by atoms with Gasteiger partial charge in [-0.2, -0.15) is 0 Å². The van der Waals surface area contributed by atoms with Gasteiger partial charge in [-0.25, -0.2) is 14.0 Å². The number of amides is 3. The molecular weight excluding hydrogens is 431 g/mol. The quantitative estimate of drug-likeness (QED) is 0.694. The summed E-state index contributed by atoms with van der Waals surface area (Å²) in [5, 5.41) is 2.25. The monoisotopic (exact) mass is 460 g/mol. The molecule has 3 heterocycles. The number of imidazole rings is 1. The van der Waals surface area contributed by atoms with Gasteiger partial charge in [0.2, 0.25) is 11.8 Å². The normalized spacial score (nSPS) is 20.3. The van der Waals surface area contributed by atoms with Crippen molar-refractivity contribution >= 4 is 28.9 Å². The minimum absolute atomic E-state index is 0.109. The first-order valence-electron chi connectivity index (χ1n) is 11.2. The zero-order valence-electron chi connectivity index (χ0n) is 19.3. The fraction of sp³-hybridized carbons (Fsp3) is 0.565. The molecule has 3 amide bonds. The minimum atomic E-state index is -0.860. The predicted molar refractivity (Wildman–Crippen MR) is 118 cm³/mol. The van der Waals surface area contributed by atoms with Gasteiger partial charge in [0, 0.05) is 32.6 Å². The fourth-order valence-corrected chi connectivity index (χ4v) is 4.64. The van der Waals surface area contributed by atoms with E-state index in [0.717, 1.165) is 0 Å². The van der Waals surface area contributed by atoms with E-state index in [0.29, 0.717) is 42.5 Å². The maximum absolute atomic E-state index is 15.2. The summed E-state index contributed by atoms with van der Waals surface area (Å²) in [6.45, 7) is 6.34. The van der Waals surface area contributed by atoms with E-state index in [1.54, 1.807) is 18.0 Å². The van der Waals surface area contributed by atoms with Crippen LogP contribution in [-0.2, 0) is 21.4 Å². The number of rotatable bonds is 2. The topological polar surface area (TPSA) is 103 Å². The van der Waals surface area contributed by atoms with Gasteiger partial charge >= 0.3 is 11.8 Å². The molecule has 2 saturated heterocycles. The number of ether oxygens (including phenoxy) is 1. The number of fused-ring (bicyclic) bond motifs is 1. The Labute approximate surface area is 190 Å². The SMILES string of the molecule is Cn1c(=O)n(C2CCC(=O)NC2=O)c2cc(F)c(C3CCN(C(=O)OC(C)(C)C)CC3)cc21. The van der Waals surface area contributed by atoms with Crippen molar-refractivity contribution in [3.8, 4) is 0 Å². The van der Waals surface area contributed by atoms with Gasteiger partial charge in [0.15, 0.2) is 0 Å². The number of likely N-dealkylation sites (tertiary alicyclic amines) is 1. The molecule has 10 heteroatoms. The van der Waals surface area contributed by atoms with E-state index in [-0.39, 0.29) is 30.8 Å². The molecule has 0 spiro atoms. The first kappa shape index (κ1) is 23.0. The van der Waals surface area contributed by atoms with Crippen molar-refractivity contribution < 1.29 is 23.5 Å². The molecule has 1 aromatic heterocycles. The molecule has 0 radical (unpaired) electrons. The lowest BCUT2D eigenvalue weighted by atomic mass is 9.89. The van der Waals surface area contributed by atoms with Gasteiger partial charge in [-0.3, -0.25) is 24.0 Å². The highest BCUT2D eigenvalue weighted by molar-refractivity contribution is 6.00. The average molecular weight is 461 g/mol. The Morgan fingerprint density at radius 2 is 1.76 bits per heavy atom. The molecule has 2 fully saturated rings. The van der Waals surface area contributed by atoms with E-state index >= 15 is 4.39 Å². The number of carbonyl (C=O) groups excluding carboxylic acids is 3. The van der Waals surface area contributed by atoms with E-state index < -0.39 is 29.1 Å². The molecule has 1 N–H and O–H groups in total. The Hall–Kier alpha value is -3.17. The number of aromatic nitrogens is 2. The van der Waals surface area contributed by atoms with Crippen molar-refractivity contribution in [3.05, 3.63) is 34.0 Å². The first-order chi connectivity index (χ1) is 15.5. The lowest BCUT2D eigenvalue weighted by Crippen LogP contribution is -2.44. The second-order valence-electron chi connectivity index (χ2n) is 9.78. The molecule has 2 aliphatic rings. The summed E-state index contributed by atoms with van der Waals surface area (Å²) in [7, 11) is 1.58. The lowest BCUT2D eigenvalue weighted by Gasteiger charge is -2.33. The van der Waals surface area contributed by atoms with E-state index in [1.807, 2.05) is 20.8 Å². The molecule has 178 valence electrons. The smallest absolute Gasteiger partial charge is 0.410 e. The number of nitrogens with zero attached hydrogens (tertiary/aromatic N) is 3. The Morgan fingerprint density at radius 3 is 2.36 bits per heavy atom. The van der Waals surface area contributed by atoms with Crippen molar-refractivity contribution in [1.29, 1.82) is 0 Å². The second-order valence-corrected chi connectivity index (χ2v) is 9.78. The van der Waals surface area contributed by atoms with Crippen LogP contribution in [-0.4, -0.2) is 50.6 Å². The van der Waals surface area contributed by atoms with Crippen molar-refractivity contribution in [1.82, 2.24) is 19.4 Å². The maximum Gasteiger partial charge on any atom is 0.410 e. The highest BCUT2D eigenvalue weighted by Crippen LogP contribution is 2.33. The Balaban J connectivity index is 1.60. The van der Waals surface area contributed by atoms with E-state index in [4.69, 9.17) is 4.74 Å². The number of imide groups is 1. The number of hydrogen-bond acceptors (Lipinski definition) is 5. The van der Waals surface area contributed by atoms with Crippen LogP contribution >= 0.6 is 0 Å². The third-order valence-corrected chi connectivity index (χ3v) is 6.32. The molecule has 0 saturated carbocycles. The molecule has 9 nitrogen and oxygen atoms in total. The Kier molecular flexibility index (Phi) is 5.79. The van der Waals surface area contributed by atoms with Gasteiger partial charge in [-0.15, -0.1) is 0 Å². The largest absolute Gasteiger partial charge is 0.444 e. The molecule has 33 heavy (non-hydrogen) atoms. The molecule has 1 aromatic carbocycles. The van der Waals surface area contributed by atoms with E-state index in [9.17, 15) is 19.2 Å². The van der Waals surface area contributed by atoms with Crippen LogP contribution in [0, 0.1) is 5.82 Å². The minimum Gasteiger partial charge on any atom is -0.444 e. The number of carbonyl (C=O) groups is 3. The number of aryl methyl sites for hydroxylation is 1. The molecule has 2 aliphatic heterocycles. The van der Waals surface area contributed by atoms with Crippen LogP contribution in [0.4, 0.5) is 9.18 Å². The Bertz CT molecular complexity index is 1180. The first-order valence-corrected chi connectivity index (χ1v) is 11.2. The van der Waals surface area contributed by atoms with Crippen LogP contribution in [0.5, 0.6) is 0 Å². The summed E-state index contributed by atoms with van der Waals surface area (Å²) in [5.74, 6) is -1.50. The zero-order valence-corrected chi connectivity index (χ0v) is 19.3. The van der Waals surface area contributed by atoms with Crippen LogP contribution < -0.4 is 11.0 Å². The van der Waals surface area contributed by atoms with Gasteiger partial charge in [0.25, 0.3) is 0 Å². The van der Waals surface area contributed by atoms with Gasteiger partial charge in [0.05, 0.1) is 11.0 Å². The molecular formula is C23H29FN4O5. The summed E-state index contributed by atoms with van der Waals surface area (Å²) >= 11 is 0. The fourth-order valence-electron chi connectivity index (χ4n) is 4.64. The standard InChI is InChI=1S/C23H29FN4O5/c1-23(2,3)33-22(32)27-9-7-13(8-10-27)14-11-17-18(12-15(14)24)28(21(31)26(17)4)16-5-6-19(29)25-20(16)30/h11-13,16H,5-10H2,1-4H3,(H,25,29,30). The molecule has 2 aromatic rings. The van der Waals surface area contributed by atoms with Gasteiger partial charge in [0.1, 0.15) is 17.5 Å². The van der Waals surface area contributed by atoms with Gasteiger partial charge in [-0.05, 0) is 57.6 Å². The second kappa shape index (κ2) is 8.31. The zero-order chi connectivity index (χ0) is 24.1. The van der Waals surface area contributed by atoms with E-state index in [2.05, 4.69) is 5.32 Å². The lowest BCUT2D eigenvalue weighted by molar-refractivity contribution is -0.135. The predicted octanol–water partition coefficient (Wildman–Crippen LogP) is 2.57. The van der Waals surface area contributed by atoms with Crippen molar-refractivity contribution in [2.45, 2.75) is 64.0 Å². The van der Waals surface area contributed by atoms with Crippen LogP contribution in [0.2, 0.25) is 0 Å². The van der Waals surface area contributed by atoms with Crippen LogP contribution in [0.1, 0.15) is 64.0 Å². The summed E-state index contributed by atoms with van der Waals surface area (Å²) in [6, 6.07) is 2.11. The van der Waals surface area contributed by atoms with Crippen LogP contribution in [0.25, 0.3) is 11.0 Å². The highest BCUT2D eigenvalue weighted by Gasteiger charge is 2.33. The molecule has 1 unspecified atom stereocenters. The van der Waals surface area contributed by atoms with Crippen LogP contribution in [0.15, 0.2) is 16.9 Å². The molecule has 1 atom stereocenters. The van der Waals surface area contributed by atoms with Crippen molar-refractivity contribution in [3.63, 3.8) is 0 Å². The van der Waals surface area contributed by atoms with E-state index in [1.165, 1.54) is 15.2 Å². The van der Waals surface area contributed by atoms with Crippen molar-refractivity contribution in [2.24, 2.45) is 7.05 Å². The number of piperidine rings is 2. The summed E-state index contributed by atoms with van der Waals surface area (Å²) in [5.41, 5.74) is 0.323.